The average Bonchev–Trinajstić information content (AvgIpc) is 3.23. The van der Waals surface area contributed by atoms with Crippen molar-refractivity contribution in [2.24, 2.45) is 0 Å². The molecule has 2 amide bonds. The third kappa shape index (κ3) is 5.41. The smallest absolute Gasteiger partial charge is 0.257 e. The number of methoxy groups -OCH3 is 1. The summed E-state index contributed by atoms with van der Waals surface area (Å²) in [5.41, 5.74) is 2.88. The van der Waals surface area contributed by atoms with Gasteiger partial charge in [-0.25, -0.2) is 4.98 Å². The molecule has 0 unspecified atom stereocenters. The number of nitrogens with one attached hydrogen (secondary N) is 2. The first-order valence-electron chi connectivity index (χ1n) is 11.1. The summed E-state index contributed by atoms with van der Waals surface area (Å²) in [7, 11) is 3.61. The molecule has 2 N–H and O–H groups in total. The zero-order valence-corrected chi connectivity index (χ0v) is 20.9. The highest BCUT2D eigenvalue weighted by molar-refractivity contribution is 7.15. The van der Waals surface area contributed by atoms with Gasteiger partial charge >= 0.3 is 0 Å². The fraction of sp³-hybridized carbons (Fsp3) is 0.320. The van der Waals surface area contributed by atoms with Gasteiger partial charge in [0.2, 0.25) is 0 Å². The van der Waals surface area contributed by atoms with Gasteiger partial charge in [0.05, 0.1) is 23.9 Å². The minimum absolute atomic E-state index is 0.218. The molecule has 9 heteroatoms. The van der Waals surface area contributed by atoms with Crippen LogP contribution in [0.15, 0.2) is 42.5 Å². The number of likely N-dealkylation sites (N-methyl/N-ethyl adjacent to an activating group) is 1. The number of aromatic nitrogens is 1. The maximum atomic E-state index is 12.9. The van der Waals surface area contributed by atoms with Gasteiger partial charge in [-0.3, -0.25) is 14.9 Å². The summed E-state index contributed by atoms with van der Waals surface area (Å²) in [6.45, 7) is 3.81. The van der Waals surface area contributed by atoms with E-state index in [1.54, 1.807) is 24.3 Å². The Bertz CT molecular complexity index is 1210. The SMILES string of the molecule is CC[C@@H](NC(=O)c1ccc(OC)c(Cl)c1)c1cccc(C(=O)Nc2nc3c(s2)CN(C)CC3)c1. The monoisotopic (exact) mass is 498 g/mol. The number of benzene rings is 2. The van der Waals surface area contributed by atoms with Crippen LogP contribution >= 0.6 is 22.9 Å². The standard InChI is InChI=1S/C25H27ClN4O3S/c1-4-19(27-23(31)17-8-9-21(33-3)18(26)13-17)15-6-5-7-16(12-15)24(32)29-25-28-20-10-11-30(2)14-22(20)34-25/h5-9,12-13,19H,4,10-11,14H2,1-3H3,(H,27,31)(H,28,29,32)/t19-/m1/s1. The second kappa shape index (κ2) is 10.5. The van der Waals surface area contributed by atoms with E-state index in [-0.39, 0.29) is 17.9 Å². The molecule has 0 bridgehead atoms. The van der Waals surface area contributed by atoms with Crippen molar-refractivity contribution in [3.05, 3.63) is 74.7 Å². The second-order valence-corrected chi connectivity index (χ2v) is 9.73. The zero-order valence-electron chi connectivity index (χ0n) is 19.4. The number of anilines is 1. The molecule has 0 saturated carbocycles. The van der Waals surface area contributed by atoms with Crippen LogP contribution in [0.4, 0.5) is 5.13 Å². The van der Waals surface area contributed by atoms with Gasteiger partial charge in [0.25, 0.3) is 11.8 Å². The first kappa shape index (κ1) is 24.2. The van der Waals surface area contributed by atoms with Gasteiger partial charge < -0.3 is 15.0 Å². The Balaban J connectivity index is 1.46. The van der Waals surface area contributed by atoms with Crippen LogP contribution in [0, 0.1) is 0 Å². The van der Waals surface area contributed by atoms with Gasteiger partial charge in [-0.2, -0.15) is 0 Å². The van der Waals surface area contributed by atoms with Crippen LogP contribution in [0.2, 0.25) is 5.02 Å². The van der Waals surface area contributed by atoms with Crippen LogP contribution in [-0.4, -0.2) is 42.4 Å². The molecule has 0 radical (unpaired) electrons. The van der Waals surface area contributed by atoms with Crippen molar-refractivity contribution < 1.29 is 14.3 Å². The highest BCUT2D eigenvalue weighted by Crippen LogP contribution is 2.29. The minimum Gasteiger partial charge on any atom is -0.495 e. The van der Waals surface area contributed by atoms with Crippen LogP contribution in [0.5, 0.6) is 5.75 Å². The molecule has 1 aliphatic rings. The van der Waals surface area contributed by atoms with Crippen molar-refractivity contribution in [3.8, 4) is 5.75 Å². The van der Waals surface area contributed by atoms with Crippen LogP contribution in [-0.2, 0) is 13.0 Å². The quantitative estimate of drug-likeness (QED) is 0.482. The van der Waals surface area contributed by atoms with E-state index in [2.05, 4.69) is 27.6 Å². The number of carbonyl (C=O) groups excluding carboxylic acids is 2. The Labute approximate surface area is 208 Å². The lowest BCUT2D eigenvalue weighted by Gasteiger charge is -2.20. The normalized spacial score (nSPS) is 14.2. The summed E-state index contributed by atoms with van der Waals surface area (Å²) >= 11 is 7.69. The third-order valence-electron chi connectivity index (χ3n) is 5.82. The summed E-state index contributed by atoms with van der Waals surface area (Å²) in [6.07, 6.45) is 1.55. The molecule has 7 nitrogen and oxygen atoms in total. The van der Waals surface area contributed by atoms with Gasteiger partial charge in [-0.1, -0.05) is 30.7 Å². The fourth-order valence-electron chi connectivity index (χ4n) is 3.91. The molecule has 0 spiro atoms. The molecule has 0 aliphatic carbocycles. The molecule has 34 heavy (non-hydrogen) atoms. The van der Waals surface area contributed by atoms with Crippen LogP contribution in [0.3, 0.4) is 0 Å². The fourth-order valence-corrected chi connectivity index (χ4v) is 5.25. The summed E-state index contributed by atoms with van der Waals surface area (Å²) < 4.78 is 5.15. The van der Waals surface area contributed by atoms with E-state index in [1.807, 2.05) is 25.1 Å². The van der Waals surface area contributed by atoms with Crippen molar-refractivity contribution >= 4 is 39.9 Å². The molecule has 1 atom stereocenters. The van der Waals surface area contributed by atoms with Crippen molar-refractivity contribution in [1.82, 2.24) is 15.2 Å². The Morgan fingerprint density at radius 2 is 2.00 bits per heavy atom. The molecule has 3 aromatic rings. The first-order valence-corrected chi connectivity index (χ1v) is 12.3. The molecule has 1 aliphatic heterocycles. The van der Waals surface area contributed by atoms with E-state index < -0.39 is 0 Å². The second-order valence-electron chi connectivity index (χ2n) is 8.24. The minimum atomic E-state index is -0.260. The Morgan fingerprint density at radius 1 is 1.21 bits per heavy atom. The molecule has 2 heterocycles. The molecule has 0 saturated heterocycles. The molecule has 1 aromatic heterocycles. The van der Waals surface area contributed by atoms with E-state index in [4.69, 9.17) is 16.3 Å². The molecule has 178 valence electrons. The predicted octanol–water partition coefficient (Wildman–Crippen LogP) is 4.93. The highest BCUT2D eigenvalue weighted by atomic mass is 35.5. The highest BCUT2D eigenvalue weighted by Gasteiger charge is 2.20. The lowest BCUT2D eigenvalue weighted by molar-refractivity contribution is 0.0935. The number of amides is 2. The van der Waals surface area contributed by atoms with Gasteiger partial charge in [0, 0.05) is 35.5 Å². The van der Waals surface area contributed by atoms with E-state index >= 15 is 0 Å². The van der Waals surface area contributed by atoms with Gasteiger partial charge in [0.15, 0.2) is 5.13 Å². The maximum Gasteiger partial charge on any atom is 0.257 e. The van der Waals surface area contributed by atoms with Crippen LogP contribution < -0.4 is 15.4 Å². The Morgan fingerprint density at radius 3 is 2.74 bits per heavy atom. The van der Waals surface area contributed by atoms with E-state index in [1.165, 1.54) is 23.3 Å². The van der Waals surface area contributed by atoms with E-state index in [9.17, 15) is 9.59 Å². The first-order chi connectivity index (χ1) is 16.4. The number of carbonyl (C=O) groups is 2. The molecular formula is C25H27ClN4O3S. The van der Waals surface area contributed by atoms with Gasteiger partial charge in [0.1, 0.15) is 5.75 Å². The lowest BCUT2D eigenvalue weighted by atomic mass is 10.0. The number of hydrogen-bond acceptors (Lipinski definition) is 6. The number of rotatable bonds is 7. The number of halogens is 1. The number of fused-ring (bicyclic) bond motifs is 1. The summed E-state index contributed by atoms with van der Waals surface area (Å²) in [5.74, 6) is 0.0473. The van der Waals surface area contributed by atoms with Crippen molar-refractivity contribution in [1.29, 1.82) is 0 Å². The van der Waals surface area contributed by atoms with E-state index in [0.29, 0.717) is 33.5 Å². The maximum absolute atomic E-state index is 12.9. The van der Waals surface area contributed by atoms with Gasteiger partial charge in [-0.05, 0) is 49.4 Å². The van der Waals surface area contributed by atoms with Crippen LogP contribution in [0.25, 0.3) is 0 Å². The zero-order chi connectivity index (χ0) is 24.2. The van der Waals surface area contributed by atoms with Crippen molar-refractivity contribution in [2.45, 2.75) is 32.4 Å². The summed E-state index contributed by atoms with van der Waals surface area (Å²) in [6, 6.07) is 12.0. The average molecular weight is 499 g/mol. The molecular weight excluding hydrogens is 472 g/mol. The van der Waals surface area contributed by atoms with Crippen molar-refractivity contribution in [2.75, 3.05) is 26.0 Å². The largest absolute Gasteiger partial charge is 0.495 e. The van der Waals surface area contributed by atoms with Gasteiger partial charge in [-0.15, -0.1) is 11.3 Å². The molecule has 2 aromatic carbocycles. The Hall–Kier alpha value is -2.94. The third-order valence-corrected chi connectivity index (χ3v) is 7.11. The lowest BCUT2D eigenvalue weighted by Crippen LogP contribution is -2.28. The van der Waals surface area contributed by atoms with E-state index in [0.717, 1.165) is 30.8 Å². The number of thiazole rings is 1. The van der Waals surface area contributed by atoms with Crippen LogP contribution in [0.1, 0.15) is 56.2 Å². The van der Waals surface area contributed by atoms with Crippen molar-refractivity contribution in [3.63, 3.8) is 0 Å². The number of nitrogens with zero attached hydrogens (tertiary/aromatic N) is 2. The number of hydrogen-bond donors (Lipinski definition) is 2. The summed E-state index contributed by atoms with van der Waals surface area (Å²) in [5, 5.41) is 6.96. The molecule has 4 rings (SSSR count). The number of ether oxygens (including phenoxy) is 1. The summed E-state index contributed by atoms with van der Waals surface area (Å²) in [4.78, 5) is 33.8. The topological polar surface area (TPSA) is 83.6 Å². The molecule has 0 fully saturated rings. The predicted molar refractivity (Wildman–Crippen MR) is 135 cm³/mol. The Kier molecular flexibility index (Phi) is 7.50.